The molecule has 0 aliphatic heterocycles. The highest BCUT2D eigenvalue weighted by atomic mass is 32.2. The molecule has 1 N–H and O–H groups in total. The van der Waals surface area contributed by atoms with Gasteiger partial charge in [-0.2, -0.15) is 0 Å². The number of nitrogens with one attached hydrogen (secondary N) is 1. The third-order valence-corrected chi connectivity index (χ3v) is 5.02. The predicted octanol–water partition coefficient (Wildman–Crippen LogP) is 2.99. The zero-order valence-corrected chi connectivity index (χ0v) is 14.5. The number of amides is 1. The molecule has 1 amide bonds. The fraction of sp³-hybridized carbons (Fsp3) is 0.188. The van der Waals surface area contributed by atoms with Gasteiger partial charge in [0.15, 0.2) is 5.13 Å². The zero-order valence-electron chi connectivity index (χ0n) is 12.9. The Hall–Kier alpha value is -2.32. The predicted molar refractivity (Wildman–Crippen MR) is 94.1 cm³/mol. The van der Waals surface area contributed by atoms with E-state index in [9.17, 15) is 9.00 Å². The minimum atomic E-state index is -1.37. The van der Waals surface area contributed by atoms with Crippen LogP contribution in [0.1, 0.15) is 11.3 Å². The van der Waals surface area contributed by atoms with Crippen LogP contribution < -0.4 is 5.32 Å². The summed E-state index contributed by atoms with van der Waals surface area (Å²) in [7, 11) is -1.37. The van der Waals surface area contributed by atoms with Gasteiger partial charge in [-0.25, -0.2) is 9.97 Å². The summed E-state index contributed by atoms with van der Waals surface area (Å²) in [6.45, 7) is 2.00. The highest BCUT2D eigenvalue weighted by Gasteiger charge is 2.13. The molecule has 3 rings (SSSR count). The van der Waals surface area contributed by atoms with E-state index in [4.69, 9.17) is 4.42 Å². The first-order chi connectivity index (χ1) is 11.6. The number of aryl methyl sites for hydroxylation is 1. The van der Waals surface area contributed by atoms with Gasteiger partial charge in [0.2, 0.25) is 11.8 Å². The fourth-order valence-electron chi connectivity index (χ4n) is 2.00. The Labute approximate surface area is 145 Å². The topological polar surface area (TPSA) is 85.1 Å². The van der Waals surface area contributed by atoms with Crippen molar-refractivity contribution in [2.75, 3.05) is 11.1 Å². The highest BCUT2D eigenvalue weighted by Crippen LogP contribution is 2.19. The number of rotatable bonds is 6. The van der Waals surface area contributed by atoms with Crippen molar-refractivity contribution in [3.05, 3.63) is 53.4 Å². The van der Waals surface area contributed by atoms with Gasteiger partial charge in [0, 0.05) is 27.9 Å². The molecule has 3 aromatic rings. The van der Waals surface area contributed by atoms with Crippen molar-refractivity contribution in [1.29, 1.82) is 0 Å². The Kier molecular flexibility index (Phi) is 5.17. The van der Waals surface area contributed by atoms with Crippen molar-refractivity contribution in [3.63, 3.8) is 0 Å². The van der Waals surface area contributed by atoms with Gasteiger partial charge in [-0.3, -0.25) is 9.00 Å². The number of nitrogens with zero attached hydrogens (tertiary/aromatic N) is 2. The van der Waals surface area contributed by atoms with Gasteiger partial charge >= 0.3 is 0 Å². The maximum Gasteiger partial charge on any atom is 0.238 e. The maximum atomic E-state index is 12.1. The van der Waals surface area contributed by atoms with Crippen molar-refractivity contribution >= 4 is 33.2 Å². The fourth-order valence-corrected chi connectivity index (χ4v) is 3.48. The van der Waals surface area contributed by atoms with E-state index in [0.29, 0.717) is 16.7 Å². The number of thiazole rings is 1. The molecule has 2 heterocycles. The Morgan fingerprint density at radius 1 is 1.33 bits per heavy atom. The largest absolute Gasteiger partial charge is 0.444 e. The molecule has 6 nitrogen and oxygen atoms in total. The van der Waals surface area contributed by atoms with Crippen molar-refractivity contribution in [3.8, 4) is 11.5 Å². The van der Waals surface area contributed by atoms with Crippen molar-refractivity contribution in [2.24, 2.45) is 0 Å². The smallest absolute Gasteiger partial charge is 0.238 e. The normalized spacial score (nSPS) is 12.0. The van der Waals surface area contributed by atoms with Crippen LogP contribution in [0.5, 0.6) is 0 Å². The van der Waals surface area contributed by atoms with E-state index < -0.39 is 10.8 Å². The van der Waals surface area contributed by atoms with Crippen molar-refractivity contribution in [1.82, 2.24) is 9.97 Å². The average Bonchev–Trinajstić information content (AvgIpc) is 3.19. The molecule has 0 fully saturated rings. The molecule has 124 valence electrons. The molecule has 0 saturated heterocycles. The number of oxazole rings is 1. The molecule has 1 unspecified atom stereocenters. The Balaban J connectivity index is 1.57. The maximum absolute atomic E-state index is 12.1. The SMILES string of the molecule is Cc1ccc(-c2nc(CS(=O)CC(=O)Nc3nccs3)co2)cc1. The first-order valence-electron chi connectivity index (χ1n) is 7.16. The van der Waals surface area contributed by atoms with Crippen LogP contribution in [0.4, 0.5) is 5.13 Å². The van der Waals surface area contributed by atoms with Crippen LogP contribution in [-0.2, 0) is 21.3 Å². The van der Waals surface area contributed by atoms with Gasteiger partial charge < -0.3 is 9.73 Å². The summed E-state index contributed by atoms with van der Waals surface area (Å²) in [6, 6.07) is 7.79. The molecular weight excluding hydrogens is 346 g/mol. The summed E-state index contributed by atoms with van der Waals surface area (Å²) in [5.41, 5.74) is 2.57. The standard InChI is InChI=1S/C16H15N3O3S2/c1-11-2-4-12(5-3-11)15-18-13(8-22-15)9-24(21)10-14(20)19-16-17-6-7-23-16/h2-8H,9-10H2,1H3,(H,17,19,20). The Morgan fingerprint density at radius 3 is 2.83 bits per heavy atom. The number of carbonyl (C=O) groups excluding carboxylic acids is 1. The molecule has 1 aromatic carbocycles. The summed E-state index contributed by atoms with van der Waals surface area (Å²) in [5, 5.41) is 4.87. The number of benzene rings is 1. The van der Waals surface area contributed by atoms with Gasteiger partial charge in [0.1, 0.15) is 12.0 Å². The third-order valence-electron chi connectivity index (χ3n) is 3.13. The summed E-state index contributed by atoms with van der Waals surface area (Å²) >= 11 is 1.31. The molecule has 0 saturated carbocycles. The van der Waals surface area contributed by atoms with Crippen LogP contribution in [0.15, 0.2) is 46.5 Å². The lowest BCUT2D eigenvalue weighted by Crippen LogP contribution is -2.20. The second-order valence-electron chi connectivity index (χ2n) is 5.12. The lowest BCUT2D eigenvalue weighted by atomic mass is 10.1. The Morgan fingerprint density at radius 2 is 2.12 bits per heavy atom. The molecule has 0 spiro atoms. The molecule has 0 bridgehead atoms. The summed E-state index contributed by atoms with van der Waals surface area (Å²) in [4.78, 5) is 20.1. The van der Waals surface area contributed by atoms with Gasteiger partial charge in [0.05, 0.1) is 11.4 Å². The first-order valence-corrected chi connectivity index (χ1v) is 9.52. The molecule has 24 heavy (non-hydrogen) atoms. The van der Waals surface area contributed by atoms with Crippen LogP contribution in [-0.4, -0.2) is 25.8 Å². The lowest BCUT2D eigenvalue weighted by molar-refractivity contribution is -0.113. The third kappa shape index (κ3) is 4.36. The molecular formula is C16H15N3O3S2. The van der Waals surface area contributed by atoms with Crippen LogP contribution in [0.25, 0.3) is 11.5 Å². The van der Waals surface area contributed by atoms with Crippen molar-refractivity contribution < 1.29 is 13.4 Å². The average molecular weight is 361 g/mol. The number of carbonyl (C=O) groups is 1. The molecule has 2 aromatic heterocycles. The quantitative estimate of drug-likeness (QED) is 0.729. The van der Waals surface area contributed by atoms with Gasteiger partial charge in [0.25, 0.3) is 0 Å². The first kappa shape index (κ1) is 16.5. The number of hydrogen-bond acceptors (Lipinski definition) is 6. The van der Waals surface area contributed by atoms with E-state index in [2.05, 4.69) is 15.3 Å². The minimum Gasteiger partial charge on any atom is -0.444 e. The molecule has 0 aliphatic carbocycles. The van der Waals surface area contributed by atoms with Crippen LogP contribution >= 0.6 is 11.3 Å². The summed E-state index contributed by atoms with van der Waals surface area (Å²) in [5.74, 6) is 0.215. The van der Waals surface area contributed by atoms with Crippen molar-refractivity contribution in [2.45, 2.75) is 12.7 Å². The van der Waals surface area contributed by atoms with E-state index in [-0.39, 0.29) is 17.4 Å². The van der Waals surface area contributed by atoms with E-state index in [1.165, 1.54) is 17.6 Å². The number of aromatic nitrogens is 2. The number of hydrogen-bond donors (Lipinski definition) is 1. The van der Waals surface area contributed by atoms with E-state index >= 15 is 0 Å². The van der Waals surface area contributed by atoms with E-state index in [1.54, 1.807) is 11.6 Å². The van der Waals surface area contributed by atoms with E-state index in [0.717, 1.165) is 11.1 Å². The van der Waals surface area contributed by atoms with Crippen LogP contribution in [0.2, 0.25) is 0 Å². The molecule has 0 aliphatic rings. The van der Waals surface area contributed by atoms with Gasteiger partial charge in [-0.1, -0.05) is 17.7 Å². The molecule has 8 heteroatoms. The van der Waals surface area contributed by atoms with Crippen LogP contribution in [0, 0.1) is 6.92 Å². The second-order valence-corrected chi connectivity index (χ2v) is 7.48. The zero-order chi connectivity index (χ0) is 16.9. The van der Waals surface area contributed by atoms with Gasteiger partial charge in [-0.05, 0) is 19.1 Å². The highest BCUT2D eigenvalue weighted by molar-refractivity contribution is 7.84. The molecule has 1 atom stereocenters. The molecule has 0 radical (unpaired) electrons. The number of anilines is 1. The van der Waals surface area contributed by atoms with Gasteiger partial charge in [-0.15, -0.1) is 11.3 Å². The van der Waals surface area contributed by atoms with E-state index in [1.807, 2.05) is 31.2 Å². The van der Waals surface area contributed by atoms with Crippen LogP contribution in [0.3, 0.4) is 0 Å². The second kappa shape index (κ2) is 7.50. The monoisotopic (exact) mass is 361 g/mol. The lowest BCUT2D eigenvalue weighted by Gasteiger charge is -2.00. The Bertz CT molecular complexity index is 842. The minimum absolute atomic E-state index is 0.105. The summed E-state index contributed by atoms with van der Waals surface area (Å²) < 4.78 is 17.5. The summed E-state index contributed by atoms with van der Waals surface area (Å²) in [6.07, 6.45) is 3.07.